The number of methoxy groups -OCH3 is 1. The third kappa shape index (κ3) is 2.67. The summed E-state index contributed by atoms with van der Waals surface area (Å²) in [7, 11) is 1.57. The van der Waals surface area contributed by atoms with Crippen molar-refractivity contribution in [1.29, 1.82) is 0 Å². The van der Waals surface area contributed by atoms with Gasteiger partial charge in [-0.2, -0.15) is 0 Å². The van der Waals surface area contributed by atoms with E-state index in [2.05, 4.69) is 5.32 Å². The van der Waals surface area contributed by atoms with Crippen LogP contribution in [0.4, 0.5) is 4.79 Å². The van der Waals surface area contributed by atoms with Crippen LogP contribution in [-0.2, 0) is 4.79 Å². The molecule has 0 aromatic heterocycles. The number of amides is 3. The van der Waals surface area contributed by atoms with Crippen LogP contribution in [0.2, 0.25) is 0 Å². The fraction of sp³-hybridized carbons (Fsp3) is 0.385. The highest BCUT2D eigenvalue weighted by atomic mass is 16.5. The zero-order valence-electron chi connectivity index (χ0n) is 11.2. The zero-order valence-corrected chi connectivity index (χ0v) is 11.2. The standard InChI is InChI=1S/C13H18N4O3/c1-20-9-4-2-8(3-5-9)11-10(12(14)18)16-6-7-17(11)13(15)19/h2-5,10-11,16H,6-7H2,1H3,(H2,14,18)(H2,15,19). The lowest BCUT2D eigenvalue weighted by atomic mass is 9.95. The molecule has 7 nitrogen and oxygen atoms in total. The average Bonchev–Trinajstić information content (AvgIpc) is 2.46. The number of nitrogens with zero attached hydrogens (tertiary/aromatic N) is 1. The number of carbonyl (C=O) groups is 2. The van der Waals surface area contributed by atoms with E-state index in [9.17, 15) is 9.59 Å². The van der Waals surface area contributed by atoms with Crippen LogP contribution in [0.5, 0.6) is 5.75 Å². The van der Waals surface area contributed by atoms with Crippen LogP contribution in [-0.4, -0.2) is 43.1 Å². The van der Waals surface area contributed by atoms with Crippen molar-refractivity contribution in [1.82, 2.24) is 10.2 Å². The molecule has 1 fully saturated rings. The smallest absolute Gasteiger partial charge is 0.315 e. The highest BCUT2D eigenvalue weighted by molar-refractivity contribution is 5.83. The molecular formula is C13H18N4O3. The SMILES string of the molecule is COc1ccc(C2C(C(N)=O)NCCN2C(N)=O)cc1. The van der Waals surface area contributed by atoms with E-state index < -0.39 is 24.0 Å². The number of carbonyl (C=O) groups excluding carboxylic acids is 2. The van der Waals surface area contributed by atoms with Gasteiger partial charge in [0, 0.05) is 13.1 Å². The summed E-state index contributed by atoms with van der Waals surface area (Å²) < 4.78 is 5.09. The minimum Gasteiger partial charge on any atom is -0.497 e. The van der Waals surface area contributed by atoms with Crippen LogP contribution in [0, 0.1) is 0 Å². The molecule has 2 unspecified atom stereocenters. The largest absolute Gasteiger partial charge is 0.497 e. The third-order valence-corrected chi connectivity index (χ3v) is 3.42. The van der Waals surface area contributed by atoms with Crippen molar-refractivity contribution < 1.29 is 14.3 Å². The van der Waals surface area contributed by atoms with Gasteiger partial charge in [-0.3, -0.25) is 4.79 Å². The van der Waals surface area contributed by atoms with Gasteiger partial charge < -0.3 is 26.4 Å². The Morgan fingerprint density at radius 1 is 1.30 bits per heavy atom. The summed E-state index contributed by atoms with van der Waals surface area (Å²) in [5.41, 5.74) is 11.6. The van der Waals surface area contributed by atoms with Gasteiger partial charge in [-0.25, -0.2) is 4.79 Å². The van der Waals surface area contributed by atoms with Gasteiger partial charge in [-0.05, 0) is 17.7 Å². The summed E-state index contributed by atoms with van der Waals surface area (Å²) in [6.07, 6.45) is 0. The van der Waals surface area contributed by atoms with Crippen molar-refractivity contribution in [2.45, 2.75) is 12.1 Å². The highest BCUT2D eigenvalue weighted by Gasteiger charge is 2.37. The Morgan fingerprint density at radius 2 is 1.95 bits per heavy atom. The first kappa shape index (κ1) is 14.1. The first-order valence-corrected chi connectivity index (χ1v) is 6.27. The number of piperazine rings is 1. The van der Waals surface area contributed by atoms with Gasteiger partial charge in [0.2, 0.25) is 5.91 Å². The molecule has 0 spiro atoms. The Kier molecular flexibility index (Phi) is 4.09. The number of hydrogen-bond acceptors (Lipinski definition) is 4. The predicted molar refractivity (Wildman–Crippen MR) is 73.0 cm³/mol. The minimum atomic E-state index is -0.662. The fourth-order valence-corrected chi connectivity index (χ4v) is 2.45. The number of primary amides is 2. The molecule has 1 heterocycles. The van der Waals surface area contributed by atoms with E-state index in [1.54, 1.807) is 31.4 Å². The molecule has 1 saturated heterocycles. The van der Waals surface area contributed by atoms with Crippen molar-refractivity contribution >= 4 is 11.9 Å². The lowest BCUT2D eigenvalue weighted by Crippen LogP contribution is -2.60. The lowest BCUT2D eigenvalue weighted by molar-refractivity contribution is -0.122. The summed E-state index contributed by atoms with van der Waals surface area (Å²) in [5.74, 6) is 0.176. The molecule has 1 aliphatic rings. The normalized spacial score (nSPS) is 22.4. The highest BCUT2D eigenvalue weighted by Crippen LogP contribution is 2.28. The molecule has 0 radical (unpaired) electrons. The van der Waals surface area contributed by atoms with Gasteiger partial charge in [0.1, 0.15) is 11.8 Å². The van der Waals surface area contributed by atoms with Crippen LogP contribution in [0.3, 0.4) is 0 Å². The maximum Gasteiger partial charge on any atom is 0.315 e. The second-order valence-corrected chi connectivity index (χ2v) is 4.58. The van der Waals surface area contributed by atoms with Crippen molar-refractivity contribution in [2.24, 2.45) is 11.5 Å². The second-order valence-electron chi connectivity index (χ2n) is 4.58. The summed E-state index contributed by atoms with van der Waals surface area (Å²) in [6, 6.07) is 5.38. The molecule has 1 aliphatic heterocycles. The van der Waals surface area contributed by atoms with Crippen LogP contribution < -0.4 is 21.5 Å². The number of nitrogens with two attached hydrogens (primary N) is 2. The number of ether oxygens (including phenoxy) is 1. The van der Waals surface area contributed by atoms with E-state index in [1.807, 2.05) is 0 Å². The Balaban J connectivity index is 2.37. The molecular weight excluding hydrogens is 260 g/mol. The monoisotopic (exact) mass is 278 g/mol. The molecule has 7 heteroatoms. The molecule has 1 aromatic rings. The molecule has 2 atom stereocenters. The molecule has 1 aromatic carbocycles. The molecule has 108 valence electrons. The number of rotatable bonds is 3. The molecule has 5 N–H and O–H groups in total. The van der Waals surface area contributed by atoms with Crippen molar-refractivity contribution in [3.8, 4) is 5.75 Å². The maximum atomic E-state index is 11.6. The molecule has 20 heavy (non-hydrogen) atoms. The van der Waals surface area contributed by atoms with E-state index >= 15 is 0 Å². The van der Waals surface area contributed by atoms with Gasteiger partial charge in [-0.1, -0.05) is 12.1 Å². The minimum absolute atomic E-state index is 0.426. The summed E-state index contributed by atoms with van der Waals surface area (Å²) in [6.45, 7) is 0.902. The Hall–Kier alpha value is -2.28. The van der Waals surface area contributed by atoms with Gasteiger partial charge in [0.05, 0.1) is 13.2 Å². The van der Waals surface area contributed by atoms with E-state index in [0.29, 0.717) is 18.8 Å². The summed E-state index contributed by atoms with van der Waals surface area (Å²) in [4.78, 5) is 24.6. The van der Waals surface area contributed by atoms with E-state index in [-0.39, 0.29) is 0 Å². The van der Waals surface area contributed by atoms with Crippen LogP contribution in [0.1, 0.15) is 11.6 Å². The van der Waals surface area contributed by atoms with Crippen LogP contribution in [0.25, 0.3) is 0 Å². The number of nitrogens with one attached hydrogen (secondary N) is 1. The lowest BCUT2D eigenvalue weighted by Gasteiger charge is -2.39. The molecule has 2 rings (SSSR count). The Labute approximate surface area is 116 Å². The van der Waals surface area contributed by atoms with E-state index in [1.165, 1.54) is 4.90 Å². The van der Waals surface area contributed by atoms with E-state index in [4.69, 9.17) is 16.2 Å². The van der Waals surface area contributed by atoms with Crippen molar-refractivity contribution in [2.75, 3.05) is 20.2 Å². The summed E-state index contributed by atoms with van der Waals surface area (Å²) in [5, 5.41) is 3.03. The second kappa shape index (κ2) is 5.79. The topological polar surface area (TPSA) is 111 Å². The van der Waals surface area contributed by atoms with Gasteiger partial charge in [0.15, 0.2) is 0 Å². The molecule has 3 amide bonds. The maximum absolute atomic E-state index is 11.6. The predicted octanol–water partition coefficient (Wildman–Crippen LogP) is -0.426. The number of urea groups is 1. The van der Waals surface area contributed by atoms with Gasteiger partial charge >= 0.3 is 6.03 Å². The van der Waals surface area contributed by atoms with E-state index in [0.717, 1.165) is 5.56 Å². The number of benzene rings is 1. The van der Waals surface area contributed by atoms with Gasteiger partial charge in [0.25, 0.3) is 0 Å². The van der Waals surface area contributed by atoms with Crippen molar-refractivity contribution in [3.63, 3.8) is 0 Å². The molecule has 0 saturated carbocycles. The van der Waals surface area contributed by atoms with Crippen molar-refractivity contribution in [3.05, 3.63) is 29.8 Å². The average molecular weight is 278 g/mol. The third-order valence-electron chi connectivity index (χ3n) is 3.42. The first-order chi connectivity index (χ1) is 9.54. The quantitative estimate of drug-likeness (QED) is 0.697. The van der Waals surface area contributed by atoms with Crippen LogP contribution >= 0.6 is 0 Å². The summed E-state index contributed by atoms with van der Waals surface area (Å²) >= 11 is 0. The Morgan fingerprint density at radius 3 is 2.45 bits per heavy atom. The molecule has 0 aliphatic carbocycles. The fourth-order valence-electron chi connectivity index (χ4n) is 2.45. The van der Waals surface area contributed by atoms with Gasteiger partial charge in [-0.15, -0.1) is 0 Å². The zero-order chi connectivity index (χ0) is 14.7. The Bertz CT molecular complexity index is 481. The van der Waals surface area contributed by atoms with Crippen LogP contribution in [0.15, 0.2) is 24.3 Å². The first-order valence-electron chi connectivity index (χ1n) is 6.27. The number of hydrogen-bond donors (Lipinski definition) is 3. The molecule has 0 bridgehead atoms.